The molecule has 0 atom stereocenters. The van der Waals surface area contributed by atoms with E-state index < -0.39 is 0 Å². The van der Waals surface area contributed by atoms with Crippen molar-refractivity contribution < 1.29 is 0 Å². The molecule has 2 nitrogen and oxygen atoms in total. The highest BCUT2D eigenvalue weighted by Crippen LogP contribution is 2.30. The maximum atomic E-state index is 5.17. The Labute approximate surface area is 112 Å². The Morgan fingerprint density at radius 2 is 1.80 bits per heavy atom. The third-order valence-corrected chi connectivity index (χ3v) is 3.16. The van der Waals surface area contributed by atoms with E-state index in [0.29, 0.717) is 11.2 Å². The van der Waals surface area contributed by atoms with Gasteiger partial charge in [-0.1, -0.05) is 6.07 Å². The molecular formula is C10H12Br2N2S. The summed E-state index contributed by atoms with van der Waals surface area (Å²) in [5, 5.41) is 6.88. The fraction of sp³-hybridized carbons (Fsp3) is 0.300. The van der Waals surface area contributed by atoms with E-state index in [1.807, 2.05) is 32.0 Å². The van der Waals surface area contributed by atoms with Gasteiger partial charge in [0, 0.05) is 15.0 Å². The van der Waals surface area contributed by atoms with E-state index in [9.17, 15) is 0 Å². The number of rotatable bonds is 2. The maximum absolute atomic E-state index is 5.17. The second-order valence-corrected chi connectivity index (χ2v) is 5.47. The van der Waals surface area contributed by atoms with E-state index in [4.69, 9.17) is 12.2 Å². The predicted octanol–water partition coefficient (Wildman–Crippen LogP) is 3.91. The number of benzene rings is 1. The van der Waals surface area contributed by atoms with Crippen molar-refractivity contribution in [3.63, 3.8) is 0 Å². The number of thiocarbonyl (C=S) groups is 1. The van der Waals surface area contributed by atoms with Gasteiger partial charge in [-0.2, -0.15) is 0 Å². The molecule has 0 bridgehead atoms. The summed E-state index contributed by atoms with van der Waals surface area (Å²) in [7, 11) is 0. The van der Waals surface area contributed by atoms with E-state index in [1.165, 1.54) is 0 Å². The molecule has 0 amide bonds. The molecule has 0 saturated heterocycles. The third kappa shape index (κ3) is 4.09. The second kappa shape index (κ2) is 5.82. The number of hydrogen-bond donors (Lipinski definition) is 2. The smallest absolute Gasteiger partial charge is 0.171 e. The van der Waals surface area contributed by atoms with Crippen molar-refractivity contribution in [2.75, 3.05) is 5.32 Å². The van der Waals surface area contributed by atoms with Gasteiger partial charge in [0.25, 0.3) is 0 Å². The number of hydrogen-bond acceptors (Lipinski definition) is 1. The fourth-order valence-corrected chi connectivity index (χ4v) is 2.56. The Balaban J connectivity index is 2.76. The van der Waals surface area contributed by atoms with E-state index in [1.54, 1.807) is 0 Å². The van der Waals surface area contributed by atoms with E-state index in [0.717, 1.165) is 14.6 Å². The summed E-state index contributed by atoms with van der Waals surface area (Å²) in [5.41, 5.74) is 0.940. The van der Waals surface area contributed by atoms with Gasteiger partial charge in [0.2, 0.25) is 0 Å². The lowest BCUT2D eigenvalue weighted by atomic mass is 10.3. The highest BCUT2D eigenvalue weighted by atomic mass is 79.9. The topological polar surface area (TPSA) is 24.1 Å². The first-order chi connectivity index (χ1) is 7.00. The summed E-state index contributed by atoms with van der Waals surface area (Å²) in [6.07, 6.45) is 0. The van der Waals surface area contributed by atoms with Crippen LogP contribution in [0.1, 0.15) is 13.8 Å². The van der Waals surface area contributed by atoms with Crippen LogP contribution in [0.25, 0.3) is 0 Å². The van der Waals surface area contributed by atoms with Crippen LogP contribution in [0.15, 0.2) is 27.1 Å². The summed E-state index contributed by atoms with van der Waals surface area (Å²) in [6.45, 7) is 4.09. The minimum Gasteiger partial charge on any atom is -0.360 e. The lowest BCUT2D eigenvalue weighted by molar-refractivity contribution is 0.739. The van der Waals surface area contributed by atoms with Gasteiger partial charge in [-0.15, -0.1) is 0 Å². The number of halogens is 2. The van der Waals surface area contributed by atoms with Crippen LogP contribution in [0.2, 0.25) is 0 Å². The predicted molar refractivity (Wildman–Crippen MR) is 76.3 cm³/mol. The summed E-state index contributed by atoms with van der Waals surface area (Å²) in [6, 6.07) is 6.21. The van der Waals surface area contributed by atoms with Gasteiger partial charge in [0.1, 0.15) is 0 Å². The SMILES string of the molecule is CC(C)NC(=S)Nc1c(Br)cccc1Br. The fourth-order valence-electron chi connectivity index (χ4n) is 1.03. The molecule has 0 fully saturated rings. The van der Waals surface area contributed by atoms with Gasteiger partial charge < -0.3 is 10.6 Å². The van der Waals surface area contributed by atoms with E-state index >= 15 is 0 Å². The molecule has 0 unspecified atom stereocenters. The minimum absolute atomic E-state index is 0.325. The number of nitrogens with one attached hydrogen (secondary N) is 2. The minimum atomic E-state index is 0.325. The van der Waals surface area contributed by atoms with Crippen LogP contribution in [0, 0.1) is 0 Å². The molecule has 1 aromatic carbocycles. The monoisotopic (exact) mass is 350 g/mol. The number of para-hydroxylation sites is 1. The average Bonchev–Trinajstić information content (AvgIpc) is 2.10. The second-order valence-electron chi connectivity index (χ2n) is 3.35. The molecule has 0 heterocycles. The molecule has 0 aromatic heterocycles. The van der Waals surface area contributed by atoms with Crippen LogP contribution in [0.5, 0.6) is 0 Å². The first-order valence-corrected chi connectivity index (χ1v) is 6.51. The first kappa shape index (κ1) is 12.9. The number of anilines is 1. The maximum Gasteiger partial charge on any atom is 0.171 e. The molecule has 0 aliphatic heterocycles. The third-order valence-electron chi connectivity index (χ3n) is 1.62. The Morgan fingerprint density at radius 1 is 1.27 bits per heavy atom. The molecule has 2 N–H and O–H groups in total. The Kier molecular flexibility index (Phi) is 5.02. The van der Waals surface area contributed by atoms with Crippen molar-refractivity contribution in [1.82, 2.24) is 5.32 Å². The zero-order chi connectivity index (χ0) is 11.4. The van der Waals surface area contributed by atoms with Crippen LogP contribution in [-0.2, 0) is 0 Å². The van der Waals surface area contributed by atoms with Gasteiger partial charge >= 0.3 is 0 Å². The van der Waals surface area contributed by atoms with E-state index in [2.05, 4.69) is 42.5 Å². The van der Waals surface area contributed by atoms with Crippen LogP contribution in [0.3, 0.4) is 0 Å². The highest BCUT2D eigenvalue weighted by molar-refractivity contribution is 9.11. The molecule has 1 aromatic rings. The first-order valence-electron chi connectivity index (χ1n) is 4.52. The van der Waals surface area contributed by atoms with Crippen LogP contribution < -0.4 is 10.6 Å². The van der Waals surface area contributed by atoms with Crippen molar-refractivity contribution in [3.8, 4) is 0 Å². The lowest BCUT2D eigenvalue weighted by Crippen LogP contribution is -2.34. The van der Waals surface area contributed by atoms with Crippen molar-refractivity contribution >= 4 is 54.9 Å². The molecular weight excluding hydrogens is 340 g/mol. The zero-order valence-corrected chi connectivity index (χ0v) is 12.5. The molecule has 0 radical (unpaired) electrons. The molecule has 0 aliphatic rings. The molecule has 15 heavy (non-hydrogen) atoms. The van der Waals surface area contributed by atoms with Gasteiger partial charge in [-0.05, 0) is 70.1 Å². The van der Waals surface area contributed by atoms with Gasteiger partial charge in [-0.3, -0.25) is 0 Å². The molecule has 5 heteroatoms. The molecule has 1 rings (SSSR count). The lowest BCUT2D eigenvalue weighted by Gasteiger charge is -2.15. The van der Waals surface area contributed by atoms with Crippen molar-refractivity contribution in [2.24, 2.45) is 0 Å². The zero-order valence-electron chi connectivity index (χ0n) is 8.47. The molecule has 82 valence electrons. The Bertz CT molecular complexity index is 346. The van der Waals surface area contributed by atoms with Gasteiger partial charge in [-0.25, -0.2) is 0 Å². The Morgan fingerprint density at radius 3 is 2.27 bits per heavy atom. The quantitative estimate of drug-likeness (QED) is 0.790. The Hall–Kier alpha value is -0.130. The van der Waals surface area contributed by atoms with Crippen LogP contribution in [-0.4, -0.2) is 11.2 Å². The molecule has 0 spiro atoms. The molecule has 0 saturated carbocycles. The van der Waals surface area contributed by atoms with Crippen LogP contribution >= 0.6 is 44.1 Å². The van der Waals surface area contributed by atoms with Crippen molar-refractivity contribution in [2.45, 2.75) is 19.9 Å². The molecule has 0 aliphatic carbocycles. The summed E-state index contributed by atoms with van der Waals surface area (Å²) >= 11 is 12.1. The van der Waals surface area contributed by atoms with Crippen molar-refractivity contribution in [3.05, 3.63) is 27.1 Å². The van der Waals surface area contributed by atoms with Gasteiger partial charge in [0.15, 0.2) is 5.11 Å². The summed E-state index contributed by atoms with van der Waals surface area (Å²) in [5.74, 6) is 0. The summed E-state index contributed by atoms with van der Waals surface area (Å²) < 4.78 is 1.95. The summed E-state index contributed by atoms with van der Waals surface area (Å²) in [4.78, 5) is 0. The highest BCUT2D eigenvalue weighted by Gasteiger charge is 2.06. The average molecular weight is 352 g/mol. The normalized spacial score (nSPS) is 10.2. The van der Waals surface area contributed by atoms with Crippen LogP contribution in [0.4, 0.5) is 5.69 Å². The largest absolute Gasteiger partial charge is 0.360 e. The standard InChI is InChI=1S/C10H12Br2N2S/c1-6(2)13-10(15)14-9-7(11)4-3-5-8(9)12/h3-6H,1-2H3,(H2,13,14,15). The van der Waals surface area contributed by atoms with Gasteiger partial charge in [0.05, 0.1) is 5.69 Å². The van der Waals surface area contributed by atoms with Crippen molar-refractivity contribution in [1.29, 1.82) is 0 Å². The van der Waals surface area contributed by atoms with E-state index in [-0.39, 0.29) is 0 Å².